The maximum atomic E-state index is 11.8. The highest BCUT2D eigenvalue weighted by molar-refractivity contribution is 5.86. The van der Waals surface area contributed by atoms with E-state index in [0.717, 1.165) is 6.42 Å². The molecule has 126 valence electrons. The van der Waals surface area contributed by atoms with Gasteiger partial charge in [-0.1, -0.05) is 37.3 Å². The molecule has 0 spiro atoms. The highest BCUT2D eigenvalue weighted by atomic mass is 16.6. The Balaban J connectivity index is 1.72. The van der Waals surface area contributed by atoms with Gasteiger partial charge in [-0.3, -0.25) is 14.9 Å². The first kappa shape index (κ1) is 15.3. The van der Waals surface area contributed by atoms with Gasteiger partial charge in [-0.05, 0) is 18.1 Å². The van der Waals surface area contributed by atoms with E-state index in [2.05, 4.69) is 34.3 Å². The van der Waals surface area contributed by atoms with Crippen molar-refractivity contribution in [1.82, 2.24) is 9.97 Å². The average molecular weight is 336 g/mol. The van der Waals surface area contributed by atoms with E-state index in [1.54, 1.807) is 6.07 Å². The molecule has 25 heavy (non-hydrogen) atoms. The molecule has 0 saturated heterocycles. The zero-order valence-electron chi connectivity index (χ0n) is 13.5. The summed E-state index contributed by atoms with van der Waals surface area (Å²) in [7, 11) is 0. The quantitative estimate of drug-likeness (QED) is 0.563. The van der Waals surface area contributed by atoms with Crippen LogP contribution in [0.5, 0.6) is 0 Å². The Morgan fingerprint density at radius 3 is 2.80 bits per heavy atom. The minimum atomic E-state index is -0.476. The number of rotatable bonds is 4. The van der Waals surface area contributed by atoms with E-state index in [9.17, 15) is 14.9 Å². The van der Waals surface area contributed by atoms with Crippen molar-refractivity contribution in [2.24, 2.45) is 0 Å². The van der Waals surface area contributed by atoms with E-state index >= 15 is 0 Å². The number of nitro groups is 1. The molecular weight excluding hydrogens is 320 g/mol. The number of hydrogen-bond donors (Lipinski definition) is 2. The van der Waals surface area contributed by atoms with Gasteiger partial charge in [0.05, 0.1) is 22.2 Å². The molecule has 0 radical (unpaired) electrons. The van der Waals surface area contributed by atoms with Crippen LogP contribution in [0.1, 0.15) is 18.9 Å². The fraction of sp³-hybridized carbons (Fsp3) is 0.222. The second kappa shape index (κ2) is 5.41. The van der Waals surface area contributed by atoms with Crippen LogP contribution in [0, 0.1) is 10.1 Å². The molecule has 0 amide bonds. The number of nitro benzene ring substituents is 1. The Morgan fingerprint density at radius 2 is 2.08 bits per heavy atom. The summed E-state index contributed by atoms with van der Waals surface area (Å²) in [5.41, 5.74) is 1.45. The van der Waals surface area contributed by atoms with Gasteiger partial charge in [0, 0.05) is 17.5 Å². The smallest absolute Gasteiger partial charge is 0.293 e. The Labute approximate surface area is 142 Å². The fourth-order valence-corrected chi connectivity index (χ4v) is 3.27. The molecular formula is C18H16N4O3. The van der Waals surface area contributed by atoms with Gasteiger partial charge < -0.3 is 10.3 Å². The lowest BCUT2D eigenvalue weighted by molar-refractivity contribution is -0.383. The SMILES string of the molecule is CC1(c2ccccc2)CC1Nc1cc2nc[nH]c(=O)c2cc1[N+](=O)[O-]. The highest BCUT2D eigenvalue weighted by Crippen LogP contribution is 2.50. The summed E-state index contributed by atoms with van der Waals surface area (Å²) in [6, 6.07) is 13.0. The Morgan fingerprint density at radius 1 is 1.32 bits per heavy atom. The Kier molecular flexibility index (Phi) is 3.31. The summed E-state index contributed by atoms with van der Waals surface area (Å²) < 4.78 is 0. The third kappa shape index (κ3) is 2.53. The number of fused-ring (bicyclic) bond motifs is 1. The molecule has 0 aliphatic heterocycles. The maximum absolute atomic E-state index is 11.8. The standard InChI is InChI=1S/C18H16N4O3/c1-18(11-5-3-2-4-6-11)9-16(18)21-14-8-13-12(7-15(14)22(24)25)17(23)20-10-19-13/h2-8,10,16,21H,9H2,1H3,(H,19,20,23). The molecule has 4 rings (SSSR count). The van der Waals surface area contributed by atoms with E-state index in [1.165, 1.54) is 18.0 Å². The molecule has 1 aliphatic rings. The molecule has 2 aromatic carbocycles. The summed E-state index contributed by atoms with van der Waals surface area (Å²) in [4.78, 5) is 29.4. The van der Waals surface area contributed by atoms with Crippen molar-refractivity contribution in [1.29, 1.82) is 0 Å². The van der Waals surface area contributed by atoms with Crippen molar-refractivity contribution < 1.29 is 4.92 Å². The minimum Gasteiger partial charge on any atom is -0.376 e. The van der Waals surface area contributed by atoms with Gasteiger partial charge in [0.15, 0.2) is 0 Å². The summed E-state index contributed by atoms with van der Waals surface area (Å²) in [5.74, 6) is 0. The van der Waals surface area contributed by atoms with Gasteiger partial charge in [0.2, 0.25) is 0 Å². The van der Waals surface area contributed by atoms with Crippen LogP contribution < -0.4 is 10.9 Å². The van der Waals surface area contributed by atoms with Gasteiger partial charge in [-0.25, -0.2) is 4.98 Å². The van der Waals surface area contributed by atoms with Gasteiger partial charge in [-0.2, -0.15) is 0 Å². The van der Waals surface area contributed by atoms with E-state index in [4.69, 9.17) is 0 Å². The lowest BCUT2D eigenvalue weighted by Gasteiger charge is -2.14. The van der Waals surface area contributed by atoms with E-state index in [1.807, 2.05) is 18.2 Å². The number of aromatic amines is 1. The van der Waals surface area contributed by atoms with Crippen molar-refractivity contribution in [2.45, 2.75) is 24.8 Å². The molecule has 1 saturated carbocycles. The fourth-order valence-electron chi connectivity index (χ4n) is 3.27. The van der Waals surface area contributed by atoms with Crippen molar-refractivity contribution in [2.75, 3.05) is 5.32 Å². The number of aromatic nitrogens is 2. The van der Waals surface area contributed by atoms with E-state index < -0.39 is 4.92 Å². The first-order valence-corrected chi connectivity index (χ1v) is 7.97. The first-order valence-electron chi connectivity index (χ1n) is 7.97. The van der Waals surface area contributed by atoms with Crippen LogP contribution in [0.15, 0.2) is 53.6 Å². The van der Waals surface area contributed by atoms with E-state index in [-0.39, 0.29) is 28.1 Å². The first-order chi connectivity index (χ1) is 12.0. The molecule has 0 bridgehead atoms. The Bertz CT molecular complexity index is 1030. The van der Waals surface area contributed by atoms with Crippen molar-refractivity contribution in [3.8, 4) is 0 Å². The monoisotopic (exact) mass is 336 g/mol. The molecule has 1 aliphatic carbocycles. The normalized spacial score (nSPS) is 21.9. The van der Waals surface area contributed by atoms with Gasteiger partial charge in [-0.15, -0.1) is 0 Å². The molecule has 2 unspecified atom stereocenters. The van der Waals surface area contributed by atoms with Crippen LogP contribution in [0.3, 0.4) is 0 Å². The topological polar surface area (TPSA) is 101 Å². The van der Waals surface area contributed by atoms with E-state index in [0.29, 0.717) is 11.2 Å². The number of nitrogens with one attached hydrogen (secondary N) is 2. The molecule has 1 heterocycles. The molecule has 2 N–H and O–H groups in total. The summed E-state index contributed by atoms with van der Waals surface area (Å²) in [5, 5.41) is 14.9. The van der Waals surface area contributed by atoms with Crippen LogP contribution in [-0.4, -0.2) is 20.9 Å². The van der Waals surface area contributed by atoms with Crippen LogP contribution in [0.4, 0.5) is 11.4 Å². The summed E-state index contributed by atoms with van der Waals surface area (Å²) in [6.45, 7) is 2.13. The van der Waals surface area contributed by atoms with Crippen LogP contribution >= 0.6 is 0 Å². The van der Waals surface area contributed by atoms with Crippen molar-refractivity contribution in [3.63, 3.8) is 0 Å². The summed E-state index contributed by atoms with van der Waals surface area (Å²) in [6.07, 6.45) is 2.18. The second-order valence-electron chi connectivity index (χ2n) is 6.56. The number of anilines is 1. The average Bonchev–Trinajstić information content (AvgIpc) is 3.26. The number of benzene rings is 2. The molecule has 1 fully saturated rings. The predicted octanol–water partition coefficient (Wildman–Crippen LogP) is 2.97. The van der Waals surface area contributed by atoms with Crippen molar-refractivity contribution in [3.05, 3.63) is 74.8 Å². The largest absolute Gasteiger partial charge is 0.376 e. The number of hydrogen-bond acceptors (Lipinski definition) is 5. The lowest BCUT2D eigenvalue weighted by Crippen LogP contribution is -2.16. The zero-order valence-corrected chi connectivity index (χ0v) is 13.5. The molecule has 1 aromatic heterocycles. The number of nitrogens with zero attached hydrogens (tertiary/aromatic N) is 2. The number of H-pyrrole nitrogens is 1. The molecule has 7 nitrogen and oxygen atoms in total. The molecule has 3 aromatic rings. The molecule has 7 heteroatoms. The Hall–Kier alpha value is -3.22. The van der Waals surface area contributed by atoms with Crippen LogP contribution in [0.25, 0.3) is 10.9 Å². The van der Waals surface area contributed by atoms with Gasteiger partial charge in [0.1, 0.15) is 5.69 Å². The minimum absolute atomic E-state index is 0.0638. The van der Waals surface area contributed by atoms with Gasteiger partial charge in [0.25, 0.3) is 11.2 Å². The second-order valence-corrected chi connectivity index (χ2v) is 6.56. The lowest BCUT2D eigenvalue weighted by atomic mass is 9.97. The van der Waals surface area contributed by atoms with Crippen LogP contribution in [-0.2, 0) is 5.41 Å². The summed E-state index contributed by atoms with van der Waals surface area (Å²) >= 11 is 0. The highest BCUT2D eigenvalue weighted by Gasteiger charge is 2.51. The van der Waals surface area contributed by atoms with Crippen molar-refractivity contribution >= 4 is 22.3 Å². The third-order valence-electron chi connectivity index (χ3n) is 4.95. The zero-order chi connectivity index (χ0) is 17.6. The molecule has 2 atom stereocenters. The third-order valence-corrected chi connectivity index (χ3v) is 4.95. The predicted molar refractivity (Wildman–Crippen MR) is 94.8 cm³/mol. The van der Waals surface area contributed by atoms with Crippen LogP contribution in [0.2, 0.25) is 0 Å². The maximum Gasteiger partial charge on any atom is 0.293 e. The van der Waals surface area contributed by atoms with Gasteiger partial charge >= 0.3 is 0 Å².